The summed E-state index contributed by atoms with van der Waals surface area (Å²) in [6.45, 7) is 9.21. The van der Waals surface area contributed by atoms with Crippen LogP contribution < -0.4 is 33.6 Å². The molecule has 10 aromatic rings. The number of hydrogen-bond acceptors (Lipinski definition) is 13. The number of nitrogens with two attached hydrogens (primary N) is 3. The summed E-state index contributed by atoms with van der Waals surface area (Å²) in [7, 11) is -1.00. The van der Waals surface area contributed by atoms with E-state index in [0.29, 0.717) is 63.1 Å². The summed E-state index contributed by atoms with van der Waals surface area (Å²) in [6, 6.07) is 21.4. The molecule has 8 heterocycles. The minimum absolute atomic E-state index is 0. The predicted molar refractivity (Wildman–Crippen MR) is 288 cm³/mol. The molecule has 0 atom stereocenters. The molecule has 0 bridgehead atoms. The van der Waals surface area contributed by atoms with Crippen molar-refractivity contribution in [2.24, 2.45) is 5.73 Å². The molecule has 0 aliphatic rings. The van der Waals surface area contributed by atoms with Crippen LogP contribution in [0.5, 0.6) is 0 Å². The number of carbonyl (C=O) groups is 2. The number of H-pyrrole nitrogens is 2. The van der Waals surface area contributed by atoms with Gasteiger partial charge in [0.25, 0.3) is 5.91 Å². The minimum atomic E-state index is -1.18. The number of carboxylic acid groups (broad SMARTS) is 1. The van der Waals surface area contributed by atoms with Crippen LogP contribution in [-0.2, 0) is 26.2 Å². The van der Waals surface area contributed by atoms with E-state index in [-0.39, 0.29) is 42.4 Å². The lowest BCUT2D eigenvalue weighted by molar-refractivity contribution is 0.0691. The predicted octanol–water partition coefficient (Wildman–Crippen LogP) is 8.13. The molecule has 22 heteroatoms. The van der Waals surface area contributed by atoms with Crippen LogP contribution in [0.25, 0.3) is 43.6 Å². The van der Waals surface area contributed by atoms with Gasteiger partial charge in [-0.05, 0) is 110 Å². The van der Waals surface area contributed by atoms with Gasteiger partial charge in [-0.25, -0.2) is 14.8 Å². The first-order chi connectivity index (χ1) is 35.3. The number of hydrogen-bond donors (Lipinski definition) is 7. The number of anilines is 2. The van der Waals surface area contributed by atoms with Gasteiger partial charge in [0.1, 0.15) is 11.6 Å². The van der Waals surface area contributed by atoms with Crippen molar-refractivity contribution in [1.29, 1.82) is 0 Å². The monoisotopic (exact) mass is 1040 g/mol. The molecule has 19 nitrogen and oxygen atoms in total. The van der Waals surface area contributed by atoms with Crippen molar-refractivity contribution in [3.63, 3.8) is 0 Å². The molecule has 10 rings (SSSR count). The van der Waals surface area contributed by atoms with E-state index >= 15 is 0 Å². The fourth-order valence-electron chi connectivity index (χ4n) is 8.21. The molecule has 0 fully saturated rings. The van der Waals surface area contributed by atoms with Gasteiger partial charge in [0.15, 0.2) is 11.4 Å². The topological polar surface area (TPSA) is 297 Å². The maximum atomic E-state index is 13.1. The average molecular weight is 1040 g/mol. The van der Waals surface area contributed by atoms with Crippen LogP contribution in [0.15, 0.2) is 107 Å². The highest BCUT2D eigenvalue weighted by molar-refractivity contribution is 6.31. The van der Waals surface area contributed by atoms with Gasteiger partial charge in [-0.3, -0.25) is 38.1 Å². The zero-order chi connectivity index (χ0) is 53.4. The smallest absolute Gasteiger partial charge is 0.357 e. The second-order valence-electron chi connectivity index (χ2n) is 16.6. The molecule has 10 N–H and O–H groups in total. The lowest BCUT2D eigenvalue weighted by Gasteiger charge is -2.11. The number of halogens is 3. The number of aromatic amines is 2. The molecule has 382 valence electrons. The van der Waals surface area contributed by atoms with Crippen LogP contribution in [0.4, 0.5) is 16.0 Å². The van der Waals surface area contributed by atoms with Gasteiger partial charge >= 0.3 is 5.97 Å². The normalized spacial score (nSPS) is 10.9. The number of carbonyl (C=O) groups excluding carboxylic acids is 1. The Labute approximate surface area is 434 Å². The van der Waals surface area contributed by atoms with Gasteiger partial charge < -0.3 is 37.6 Å². The lowest BCUT2D eigenvalue weighted by atomic mass is 10.1. The maximum absolute atomic E-state index is 13.1. The molecule has 0 radical (unpaired) electrons. The van der Waals surface area contributed by atoms with E-state index in [1.807, 2.05) is 82.3 Å². The van der Waals surface area contributed by atoms with Gasteiger partial charge in [0, 0.05) is 82.9 Å². The average Bonchev–Trinajstić information content (AvgIpc) is 3.88. The molecule has 0 saturated heterocycles. The number of rotatable bonds is 9. The van der Waals surface area contributed by atoms with Gasteiger partial charge in [-0.2, -0.15) is 10.2 Å². The molecule has 0 saturated carbocycles. The fraction of sp³-hybridized carbons (Fsp3) is 0.192. The van der Waals surface area contributed by atoms with Gasteiger partial charge in [0.2, 0.25) is 11.1 Å². The van der Waals surface area contributed by atoms with Crippen molar-refractivity contribution in [3.8, 4) is 0 Å². The van der Waals surface area contributed by atoms with E-state index in [9.17, 15) is 28.7 Å². The Morgan fingerprint density at radius 1 is 0.716 bits per heavy atom. The summed E-state index contributed by atoms with van der Waals surface area (Å²) in [5, 5.41) is 24.6. The Morgan fingerprint density at radius 2 is 1.16 bits per heavy atom. The molecule has 74 heavy (non-hydrogen) atoms. The number of fused-ring (bicyclic) bond motifs is 4. The number of aryl methyl sites for hydroxylation is 4. The van der Waals surface area contributed by atoms with E-state index < -0.39 is 13.1 Å². The maximum Gasteiger partial charge on any atom is 0.357 e. The Balaban J connectivity index is 0.000000198. The van der Waals surface area contributed by atoms with E-state index in [1.165, 1.54) is 18.3 Å². The first-order valence-electron chi connectivity index (χ1n) is 22.9. The number of alkyl halides is 1. The molecule has 2 aromatic carbocycles. The van der Waals surface area contributed by atoms with Crippen LogP contribution in [0.3, 0.4) is 0 Å². The largest absolute Gasteiger partial charge is 0.476 e. The first-order valence-corrected chi connectivity index (χ1v) is 22.9. The number of nitrogen functional groups attached to an aromatic ring is 2. The summed E-state index contributed by atoms with van der Waals surface area (Å²) in [4.78, 5) is 70.2. The minimum Gasteiger partial charge on any atom is -0.476 e. The third-order valence-corrected chi connectivity index (χ3v) is 12.0. The van der Waals surface area contributed by atoms with Crippen LogP contribution in [0.2, 0.25) is 10.0 Å². The third-order valence-electron chi connectivity index (χ3n) is 11.6. The highest BCUT2D eigenvalue weighted by Gasteiger charge is 2.20. The number of nitrogens with zero attached hydrogens (tertiary/aromatic N) is 8. The molecule has 1 amide bonds. The molecular formula is C52H53Cl2FN14O5. The van der Waals surface area contributed by atoms with E-state index in [0.717, 1.165) is 66.6 Å². The fourth-order valence-corrected chi connectivity index (χ4v) is 8.55. The Hall–Kier alpha value is -8.59. The van der Waals surface area contributed by atoms with Gasteiger partial charge in [-0.15, -0.1) is 0 Å². The Kier molecular flexibility index (Phi) is 17.1. The van der Waals surface area contributed by atoms with Crippen LogP contribution in [0, 0.1) is 27.7 Å². The van der Waals surface area contributed by atoms with Crippen molar-refractivity contribution >= 4 is 90.3 Å². The zero-order valence-corrected chi connectivity index (χ0v) is 41.3. The number of benzene rings is 2. The third kappa shape index (κ3) is 12.5. The Bertz CT molecular complexity index is 3820. The van der Waals surface area contributed by atoms with Crippen LogP contribution in [0.1, 0.15) is 74.5 Å². The summed E-state index contributed by atoms with van der Waals surface area (Å²) in [5.74, 6) is -0.559. The van der Waals surface area contributed by atoms with Crippen molar-refractivity contribution in [3.05, 3.63) is 184 Å². The second-order valence-corrected chi connectivity index (χ2v) is 17.5. The number of pyridine rings is 6. The Morgan fingerprint density at radius 3 is 1.61 bits per heavy atom. The van der Waals surface area contributed by atoms with Crippen LogP contribution >= 0.6 is 23.2 Å². The zero-order valence-electron chi connectivity index (χ0n) is 40.8. The molecule has 0 aliphatic heterocycles. The number of nitrogens with one attached hydrogen (secondary N) is 3. The number of amides is 1. The van der Waals surface area contributed by atoms with Crippen molar-refractivity contribution in [2.75, 3.05) is 18.6 Å². The number of carboxylic acids is 1. The van der Waals surface area contributed by atoms with Crippen molar-refractivity contribution in [1.82, 2.24) is 54.8 Å². The summed E-state index contributed by atoms with van der Waals surface area (Å²) < 4.78 is 18.7. The van der Waals surface area contributed by atoms with Crippen LogP contribution in [-0.4, -0.2) is 73.6 Å². The summed E-state index contributed by atoms with van der Waals surface area (Å²) >= 11 is 12.1. The van der Waals surface area contributed by atoms with E-state index in [2.05, 4.69) is 45.4 Å². The summed E-state index contributed by atoms with van der Waals surface area (Å²) in [5.41, 5.74) is 26.6. The highest BCUT2D eigenvalue weighted by atomic mass is 35.5. The molecule has 0 aliphatic carbocycles. The van der Waals surface area contributed by atoms with Crippen molar-refractivity contribution in [2.45, 2.75) is 61.3 Å². The molecular weight excluding hydrogens is 991 g/mol. The lowest BCUT2D eigenvalue weighted by Crippen LogP contribution is -2.25. The highest BCUT2D eigenvalue weighted by Crippen LogP contribution is 2.24. The number of aromatic nitrogens is 10. The van der Waals surface area contributed by atoms with Gasteiger partial charge in [-0.1, -0.05) is 42.8 Å². The quantitative estimate of drug-likeness (QED) is 0.0718. The van der Waals surface area contributed by atoms with Gasteiger partial charge in [0.05, 0.1) is 53.7 Å². The summed E-state index contributed by atoms with van der Waals surface area (Å²) in [6.07, 6.45) is 6.23. The van der Waals surface area contributed by atoms with E-state index in [1.54, 1.807) is 34.0 Å². The van der Waals surface area contributed by atoms with E-state index in [4.69, 9.17) is 41.8 Å². The second kappa shape index (κ2) is 23.8. The molecule has 0 spiro atoms. The standard InChI is InChI=1S/C25H22ClN7O2.C17H11ClN4O3.C8H13N3.CH3F.CH4/c1-13-5-22(27)31-14(2)19(13)10-30-25(35)24-18-8-23(34)29-11-21(18)33(32-24)12-15-3-4-20-16(6-15)7-17(26)9-28-20;18-11-4-10-3-9(1-2-13(10)19-6-11)8-22-14-7-20-15(23)5-12(14)16(21-22)17(24)25;1-5-3-8(10)11-6(2)7(5)4-9;1-2;/h3-9,11H,10,12H2,1-2H3,(H2,27,31)(H,29,34)(H,30,35);1-7H,8H2,(H,20,23)(H,24,25);3H,4,9H2,1-2H3,(H2,10,11);1H3;1H4/i;;;1D;. The SMILES string of the molecule is C.Cc1cc(N)nc(C)c1CN.Cc1cc(N)nc(C)c1CNC(=O)c1nn(Cc2ccc3ncc(Cl)cc3c2)c2c[nH]c(=O)cc12.O=C(O)c1nn(Cc2ccc3ncc(Cl)cc3c2)c2c[nH]c(=O)cc12.[2H]CF. The number of aromatic carboxylic acids is 1. The molecule has 0 unspecified atom stereocenters. The first kappa shape index (κ1) is 53.2. The molecule has 8 aromatic heterocycles. The van der Waals surface area contributed by atoms with Crippen molar-refractivity contribution < 1.29 is 20.5 Å².